The van der Waals surface area contributed by atoms with Gasteiger partial charge in [0.2, 0.25) is 11.0 Å². The third-order valence-electron chi connectivity index (χ3n) is 3.57. The average molecular weight is 399 g/mol. The number of nitrogens with zero attached hydrogens (tertiary/aromatic N) is 2. The van der Waals surface area contributed by atoms with Crippen LogP contribution in [0.25, 0.3) is 0 Å². The molecule has 1 aromatic heterocycles. The zero-order valence-electron chi connectivity index (χ0n) is 14.6. The molecular weight excluding hydrogens is 380 g/mol. The van der Waals surface area contributed by atoms with Gasteiger partial charge >= 0.3 is 0 Å². The number of anilines is 2. The fourth-order valence-corrected chi connectivity index (χ4v) is 3.80. The van der Waals surface area contributed by atoms with Crippen molar-refractivity contribution in [2.24, 2.45) is 0 Å². The number of amides is 1. The molecule has 138 valence electrons. The molecule has 0 radical (unpaired) electrons. The molecule has 8 heteroatoms. The first-order valence-electron chi connectivity index (χ1n) is 8.25. The zero-order chi connectivity index (χ0) is 19.1. The minimum atomic E-state index is -0.158. The van der Waals surface area contributed by atoms with Crippen molar-refractivity contribution < 1.29 is 9.59 Å². The van der Waals surface area contributed by atoms with Crippen LogP contribution >= 0.6 is 23.1 Å². The largest absolute Gasteiger partial charge is 0.356 e. The second kappa shape index (κ2) is 9.29. The topological polar surface area (TPSA) is 84.0 Å². The summed E-state index contributed by atoms with van der Waals surface area (Å²) in [5, 5.41) is 14.9. The summed E-state index contributed by atoms with van der Waals surface area (Å²) in [6.45, 7) is 2.17. The second-order valence-corrected chi connectivity index (χ2v) is 7.89. The van der Waals surface area contributed by atoms with Crippen molar-refractivity contribution in [3.63, 3.8) is 0 Å². The number of benzene rings is 2. The van der Waals surface area contributed by atoms with Crippen LogP contribution in [-0.2, 0) is 11.3 Å². The molecule has 0 atom stereocenters. The standard InChI is InChI=1S/C19H18N4O2S2/c1-13(24)15-8-5-9-16(10-15)21-17(25)12-26-19-23-22-18(27-19)20-11-14-6-3-2-4-7-14/h2-10H,11-12H2,1H3,(H,20,22)(H,21,25). The summed E-state index contributed by atoms with van der Waals surface area (Å²) in [6.07, 6.45) is 0. The molecule has 0 fully saturated rings. The van der Waals surface area contributed by atoms with Crippen LogP contribution in [0.15, 0.2) is 58.9 Å². The Morgan fingerprint density at radius 3 is 2.67 bits per heavy atom. The van der Waals surface area contributed by atoms with Crippen LogP contribution in [0.1, 0.15) is 22.8 Å². The van der Waals surface area contributed by atoms with Gasteiger partial charge in [0.05, 0.1) is 5.75 Å². The Hall–Kier alpha value is -2.71. The SMILES string of the molecule is CC(=O)c1cccc(NC(=O)CSc2nnc(NCc3ccccc3)s2)c1. The summed E-state index contributed by atoms with van der Waals surface area (Å²) in [4.78, 5) is 23.5. The summed E-state index contributed by atoms with van der Waals surface area (Å²) >= 11 is 2.74. The number of thioether (sulfide) groups is 1. The van der Waals surface area contributed by atoms with Crippen LogP contribution < -0.4 is 10.6 Å². The van der Waals surface area contributed by atoms with Gasteiger partial charge in [-0.25, -0.2) is 0 Å². The number of carbonyl (C=O) groups excluding carboxylic acids is 2. The fourth-order valence-electron chi connectivity index (χ4n) is 2.25. The Balaban J connectivity index is 1.47. The van der Waals surface area contributed by atoms with Crippen molar-refractivity contribution in [2.75, 3.05) is 16.4 Å². The van der Waals surface area contributed by atoms with E-state index in [0.717, 1.165) is 15.0 Å². The van der Waals surface area contributed by atoms with E-state index in [-0.39, 0.29) is 17.4 Å². The summed E-state index contributed by atoms with van der Waals surface area (Å²) < 4.78 is 0.721. The van der Waals surface area contributed by atoms with Crippen molar-refractivity contribution in [1.82, 2.24) is 10.2 Å². The molecule has 0 unspecified atom stereocenters. The van der Waals surface area contributed by atoms with E-state index in [1.165, 1.54) is 30.0 Å². The molecule has 0 saturated heterocycles. The highest BCUT2D eigenvalue weighted by Crippen LogP contribution is 2.26. The average Bonchev–Trinajstić information content (AvgIpc) is 3.14. The predicted molar refractivity (Wildman–Crippen MR) is 109 cm³/mol. The molecular formula is C19H18N4O2S2. The number of nitrogens with one attached hydrogen (secondary N) is 2. The summed E-state index contributed by atoms with van der Waals surface area (Å²) in [6, 6.07) is 16.9. The molecule has 0 saturated carbocycles. The highest BCUT2D eigenvalue weighted by molar-refractivity contribution is 8.01. The molecule has 2 N–H and O–H groups in total. The number of hydrogen-bond donors (Lipinski definition) is 2. The van der Waals surface area contributed by atoms with Crippen molar-refractivity contribution in [3.8, 4) is 0 Å². The van der Waals surface area contributed by atoms with E-state index in [0.29, 0.717) is 17.8 Å². The highest BCUT2D eigenvalue weighted by Gasteiger charge is 2.09. The molecule has 27 heavy (non-hydrogen) atoms. The van der Waals surface area contributed by atoms with E-state index in [9.17, 15) is 9.59 Å². The molecule has 1 amide bonds. The van der Waals surface area contributed by atoms with Gasteiger partial charge in [0.1, 0.15) is 0 Å². The van der Waals surface area contributed by atoms with Gasteiger partial charge in [-0.3, -0.25) is 9.59 Å². The van der Waals surface area contributed by atoms with Crippen molar-refractivity contribution in [1.29, 1.82) is 0 Å². The van der Waals surface area contributed by atoms with Gasteiger partial charge in [-0.1, -0.05) is 65.6 Å². The van der Waals surface area contributed by atoms with Gasteiger partial charge < -0.3 is 10.6 Å². The van der Waals surface area contributed by atoms with Crippen molar-refractivity contribution >= 4 is 45.6 Å². The molecule has 1 heterocycles. The Morgan fingerprint density at radius 2 is 1.89 bits per heavy atom. The summed E-state index contributed by atoms with van der Waals surface area (Å²) in [5.41, 5.74) is 2.34. The maximum absolute atomic E-state index is 12.1. The molecule has 0 bridgehead atoms. The minimum Gasteiger partial charge on any atom is -0.356 e. The fraction of sp³-hybridized carbons (Fsp3) is 0.158. The Labute approximate surface area is 165 Å². The summed E-state index contributed by atoms with van der Waals surface area (Å²) in [7, 11) is 0. The lowest BCUT2D eigenvalue weighted by Gasteiger charge is -2.05. The maximum atomic E-state index is 12.1. The Bertz CT molecular complexity index is 928. The monoisotopic (exact) mass is 398 g/mol. The third kappa shape index (κ3) is 5.90. The van der Waals surface area contributed by atoms with Gasteiger partial charge in [0, 0.05) is 17.8 Å². The quantitative estimate of drug-likeness (QED) is 0.439. The zero-order valence-corrected chi connectivity index (χ0v) is 16.3. The minimum absolute atomic E-state index is 0.0372. The Kier molecular flexibility index (Phi) is 6.56. The molecule has 2 aromatic carbocycles. The molecule has 3 aromatic rings. The molecule has 0 aliphatic carbocycles. The number of ketones is 1. The third-order valence-corrected chi connectivity index (χ3v) is 5.59. The molecule has 0 spiro atoms. The van der Waals surface area contributed by atoms with E-state index in [2.05, 4.69) is 20.8 Å². The maximum Gasteiger partial charge on any atom is 0.234 e. The van der Waals surface area contributed by atoms with Crippen LogP contribution in [-0.4, -0.2) is 27.6 Å². The number of hydrogen-bond acceptors (Lipinski definition) is 7. The lowest BCUT2D eigenvalue weighted by atomic mass is 10.1. The van der Waals surface area contributed by atoms with E-state index >= 15 is 0 Å². The van der Waals surface area contributed by atoms with Crippen molar-refractivity contribution in [2.45, 2.75) is 17.8 Å². The number of Topliss-reactive ketones (excluding diaryl/α,β-unsaturated/α-hetero) is 1. The van der Waals surface area contributed by atoms with Gasteiger partial charge in [-0.15, -0.1) is 10.2 Å². The smallest absolute Gasteiger partial charge is 0.234 e. The van der Waals surface area contributed by atoms with Crippen LogP contribution in [0.5, 0.6) is 0 Å². The number of aromatic nitrogens is 2. The lowest BCUT2D eigenvalue weighted by molar-refractivity contribution is -0.113. The number of rotatable bonds is 8. The first-order valence-corrected chi connectivity index (χ1v) is 10.1. The Morgan fingerprint density at radius 1 is 1.07 bits per heavy atom. The van der Waals surface area contributed by atoms with Gasteiger partial charge in [-0.2, -0.15) is 0 Å². The van der Waals surface area contributed by atoms with E-state index in [1.54, 1.807) is 24.3 Å². The van der Waals surface area contributed by atoms with Gasteiger partial charge in [-0.05, 0) is 24.6 Å². The first-order chi connectivity index (χ1) is 13.1. The number of carbonyl (C=O) groups is 2. The van der Waals surface area contributed by atoms with Crippen LogP contribution in [0.3, 0.4) is 0 Å². The van der Waals surface area contributed by atoms with E-state index < -0.39 is 0 Å². The second-order valence-electron chi connectivity index (χ2n) is 5.69. The van der Waals surface area contributed by atoms with Gasteiger partial charge in [0.25, 0.3) is 0 Å². The molecule has 3 rings (SSSR count). The predicted octanol–water partition coefficient (Wildman–Crippen LogP) is 4.08. The lowest BCUT2D eigenvalue weighted by Crippen LogP contribution is -2.14. The summed E-state index contributed by atoms with van der Waals surface area (Å²) in [5.74, 6) is 0.0250. The highest BCUT2D eigenvalue weighted by atomic mass is 32.2. The van der Waals surface area contributed by atoms with Crippen LogP contribution in [0, 0.1) is 0 Å². The van der Waals surface area contributed by atoms with E-state index in [1.807, 2.05) is 30.3 Å². The molecule has 0 aliphatic rings. The first kappa shape index (κ1) is 19.1. The molecule has 6 nitrogen and oxygen atoms in total. The van der Waals surface area contributed by atoms with Gasteiger partial charge in [0.15, 0.2) is 10.1 Å². The van der Waals surface area contributed by atoms with E-state index in [4.69, 9.17) is 0 Å². The van der Waals surface area contributed by atoms with Crippen molar-refractivity contribution in [3.05, 3.63) is 65.7 Å². The normalized spacial score (nSPS) is 10.4. The van der Waals surface area contributed by atoms with Crippen LogP contribution in [0.4, 0.5) is 10.8 Å². The van der Waals surface area contributed by atoms with Crippen LogP contribution in [0.2, 0.25) is 0 Å². The molecule has 0 aliphatic heterocycles.